The van der Waals surface area contributed by atoms with Gasteiger partial charge in [-0.15, -0.1) is 6.58 Å². The Kier molecular flexibility index (Phi) is 12.9. The zero-order valence-corrected chi connectivity index (χ0v) is 21.2. The van der Waals surface area contributed by atoms with E-state index in [1.54, 1.807) is 0 Å². The highest BCUT2D eigenvalue weighted by molar-refractivity contribution is 5.78. The molecule has 0 spiro atoms. The van der Waals surface area contributed by atoms with Crippen molar-refractivity contribution in [3.8, 4) is 0 Å². The Morgan fingerprint density at radius 3 is 2.15 bits per heavy atom. The Balaban J connectivity index is 0.000000449. The van der Waals surface area contributed by atoms with Gasteiger partial charge in [0.2, 0.25) is 0 Å². The number of ether oxygens (including phenoxy) is 1. The van der Waals surface area contributed by atoms with Crippen LogP contribution in [0.3, 0.4) is 0 Å². The summed E-state index contributed by atoms with van der Waals surface area (Å²) >= 11 is 0. The number of hydrogen-bond acceptors (Lipinski definition) is 7. The zero-order chi connectivity index (χ0) is 29.9. The van der Waals surface area contributed by atoms with Crippen LogP contribution in [0, 0.1) is 11.3 Å². The molecule has 1 aromatic heterocycles. The molecule has 0 bridgehead atoms. The maximum absolute atomic E-state index is 12.9. The van der Waals surface area contributed by atoms with E-state index < -0.39 is 24.3 Å². The Morgan fingerprint density at radius 1 is 1.13 bits per heavy atom. The average Bonchev–Trinajstić information content (AvgIpc) is 3.08. The summed E-state index contributed by atoms with van der Waals surface area (Å²) in [6, 6.07) is 4.10. The standard InChI is InChI=1S/C20H29N3O2.2C2HF3O2/c1-3-10-23-15-18-14-22(13-17-7-5-9-21-12-17)11-6-8-20(18,16-23)19(24)25-4-2;2*3-2(4,5)1(6)7/h3,5,7,9,12,18H,1,4,6,8,10-11,13-16H2,2H3;2*(H,6,7)/t18-,20-;;/m0../s1. The molecule has 0 aromatic carbocycles. The average molecular weight is 572 g/mol. The molecule has 3 rings (SSSR count). The van der Waals surface area contributed by atoms with Crippen LogP contribution in [0.5, 0.6) is 0 Å². The van der Waals surface area contributed by atoms with Crippen LogP contribution in [-0.2, 0) is 25.7 Å². The van der Waals surface area contributed by atoms with Crippen molar-refractivity contribution in [3.63, 3.8) is 0 Å². The van der Waals surface area contributed by atoms with E-state index in [0.717, 1.165) is 52.1 Å². The minimum Gasteiger partial charge on any atom is -0.475 e. The van der Waals surface area contributed by atoms with E-state index in [0.29, 0.717) is 12.5 Å². The largest absolute Gasteiger partial charge is 0.490 e. The predicted octanol–water partition coefficient (Wildman–Crippen LogP) is 3.61. The maximum atomic E-state index is 12.9. The molecule has 1 aromatic rings. The molecule has 2 fully saturated rings. The third-order valence-corrected chi connectivity index (χ3v) is 6.02. The number of esters is 1. The lowest BCUT2D eigenvalue weighted by atomic mass is 9.75. The summed E-state index contributed by atoms with van der Waals surface area (Å²) < 4.78 is 69.0. The van der Waals surface area contributed by atoms with E-state index in [2.05, 4.69) is 27.4 Å². The third-order valence-electron chi connectivity index (χ3n) is 6.02. The Morgan fingerprint density at radius 2 is 1.69 bits per heavy atom. The van der Waals surface area contributed by atoms with Crippen molar-refractivity contribution >= 4 is 17.9 Å². The predicted molar refractivity (Wildman–Crippen MR) is 125 cm³/mol. The number of alkyl halides is 6. The van der Waals surface area contributed by atoms with E-state index in [9.17, 15) is 31.1 Å². The van der Waals surface area contributed by atoms with Crippen LogP contribution < -0.4 is 0 Å². The fourth-order valence-electron chi connectivity index (χ4n) is 4.44. The summed E-state index contributed by atoms with van der Waals surface area (Å²) in [6.45, 7) is 11.6. The van der Waals surface area contributed by atoms with Gasteiger partial charge in [0, 0.05) is 51.0 Å². The van der Waals surface area contributed by atoms with Crippen molar-refractivity contribution in [2.75, 3.05) is 39.3 Å². The second-order valence-electron chi connectivity index (χ2n) is 8.86. The number of likely N-dealkylation sites (tertiary alicyclic amines) is 2. The number of rotatable bonds is 6. The minimum atomic E-state index is -5.08. The summed E-state index contributed by atoms with van der Waals surface area (Å²) in [4.78, 5) is 39.7. The second-order valence-corrected chi connectivity index (χ2v) is 8.86. The topological polar surface area (TPSA) is 120 Å². The first-order valence-electron chi connectivity index (χ1n) is 11.8. The van der Waals surface area contributed by atoms with Crippen molar-refractivity contribution in [1.82, 2.24) is 14.8 Å². The number of carboxylic acid groups (broad SMARTS) is 2. The van der Waals surface area contributed by atoms with Gasteiger partial charge in [-0.1, -0.05) is 12.1 Å². The smallest absolute Gasteiger partial charge is 0.475 e. The van der Waals surface area contributed by atoms with Gasteiger partial charge < -0.3 is 14.9 Å². The molecule has 2 aliphatic heterocycles. The normalized spacial score (nSPS) is 21.7. The number of nitrogens with zero attached hydrogens (tertiary/aromatic N) is 3. The highest BCUT2D eigenvalue weighted by Gasteiger charge is 2.53. The SMILES string of the molecule is C=CCN1C[C@@H]2CN(Cc3cccnc3)CCC[C@]2(C(=O)OCC)C1.O=C(O)C(F)(F)F.O=C(O)C(F)(F)F. The molecule has 2 N–H and O–H groups in total. The molecule has 0 unspecified atom stereocenters. The van der Waals surface area contributed by atoms with Crippen molar-refractivity contribution in [3.05, 3.63) is 42.7 Å². The molecule has 0 amide bonds. The van der Waals surface area contributed by atoms with Gasteiger partial charge in [0.1, 0.15) is 0 Å². The molecular formula is C24H31F6N3O6. The van der Waals surface area contributed by atoms with Gasteiger partial charge in [-0.05, 0) is 37.9 Å². The first-order chi connectivity index (χ1) is 18.1. The molecule has 2 atom stereocenters. The van der Waals surface area contributed by atoms with Crippen LogP contribution in [0.25, 0.3) is 0 Å². The number of carbonyl (C=O) groups excluding carboxylic acids is 1. The lowest BCUT2D eigenvalue weighted by Crippen LogP contribution is -2.42. The van der Waals surface area contributed by atoms with Crippen molar-refractivity contribution in [2.45, 2.75) is 38.7 Å². The van der Waals surface area contributed by atoms with Crippen LogP contribution in [-0.4, -0.2) is 94.6 Å². The van der Waals surface area contributed by atoms with Gasteiger partial charge in [-0.3, -0.25) is 19.6 Å². The number of carboxylic acids is 2. The summed E-state index contributed by atoms with van der Waals surface area (Å²) in [5, 5.41) is 14.2. The first-order valence-corrected chi connectivity index (χ1v) is 11.8. The van der Waals surface area contributed by atoms with Crippen LogP contribution in [0.1, 0.15) is 25.3 Å². The van der Waals surface area contributed by atoms with Crippen LogP contribution in [0.15, 0.2) is 37.2 Å². The van der Waals surface area contributed by atoms with Crippen molar-refractivity contribution in [2.24, 2.45) is 11.3 Å². The van der Waals surface area contributed by atoms with Crippen molar-refractivity contribution < 1.29 is 55.7 Å². The molecule has 3 heterocycles. The van der Waals surface area contributed by atoms with Gasteiger partial charge in [-0.25, -0.2) is 9.59 Å². The number of fused-ring (bicyclic) bond motifs is 1. The fraction of sp³-hybridized carbons (Fsp3) is 0.583. The summed E-state index contributed by atoms with van der Waals surface area (Å²) in [7, 11) is 0. The van der Waals surface area contributed by atoms with E-state index >= 15 is 0 Å². The lowest BCUT2D eigenvalue weighted by Gasteiger charge is -2.31. The molecule has 0 aliphatic carbocycles. The molecule has 39 heavy (non-hydrogen) atoms. The Bertz CT molecular complexity index is 936. The number of hydrogen-bond donors (Lipinski definition) is 2. The molecule has 15 heteroatoms. The van der Waals surface area contributed by atoms with Gasteiger partial charge >= 0.3 is 30.3 Å². The Labute approximate surface area is 221 Å². The van der Waals surface area contributed by atoms with Gasteiger partial charge in [0.05, 0.1) is 12.0 Å². The number of pyridine rings is 1. The molecule has 0 saturated carbocycles. The highest BCUT2D eigenvalue weighted by atomic mass is 19.4. The third kappa shape index (κ3) is 10.8. The molecule has 2 aliphatic rings. The van der Waals surface area contributed by atoms with Crippen LogP contribution >= 0.6 is 0 Å². The van der Waals surface area contributed by atoms with E-state index in [-0.39, 0.29) is 11.4 Å². The molecular weight excluding hydrogens is 540 g/mol. The van der Waals surface area contributed by atoms with Gasteiger partial charge in [0.15, 0.2) is 0 Å². The monoisotopic (exact) mass is 571 g/mol. The second kappa shape index (κ2) is 14.8. The number of carbonyl (C=O) groups is 3. The van der Waals surface area contributed by atoms with Crippen molar-refractivity contribution in [1.29, 1.82) is 0 Å². The minimum absolute atomic E-state index is 0.00482. The summed E-state index contributed by atoms with van der Waals surface area (Å²) in [5.41, 5.74) is 0.870. The summed E-state index contributed by atoms with van der Waals surface area (Å²) in [5.74, 6) is -5.21. The quantitative estimate of drug-likeness (QED) is 0.300. The van der Waals surface area contributed by atoms with Crippen LogP contribution in [0.4, 0.5) is 26.3 Å². The maximum Gasteiger partial charge on any atom is 0.490 e. The molecule has 220 valence electrons. The molecule has 2 saturated heterocycles. The number of aromatic nitrogens is 1. The zero-order valence-electron chi connectivity index (χ0n) is 21.2. The highest BCUT2D eigenvalue weighted by Crippen LogP contribution is 2.43. The van der Waals surface area contributed by atoms with Gasteiger partial charge in [0.25, 0.3) is 0 Å². The number of aliphatic carboxylic acids is 2. The molecule has 9 nitrogen and oxygen atoms in total. The lowest BCUT2D eigenvalue weighted by molar-refractivity contribution is -0.193. The Hall–Kier alpha value is -3.20. The summed E-state index contributed by atoms with van der Waals surface area (Å²) in [6.07, 6.45) is -2.56. The van der Waals surface area contributed by atoms with E-state index in [4.69, 9.17) is 24.5 Å². The van der Waals surface area contributed by atoms with Gasteiger partial charge in [-0.2, -0.15) is 26.3 Å². The van der Waals surface area contributed by atoms with E-state index in [1.165, 1.54) is 5.56 Å². The molecule has 0 radical (unpaired) electrons. The van der Waals surface area contributed by atoms with Crippen LogP contribution in [0.2, 0.25) is 0 Å². The number of halogens is 6. The first kappa shape index (κ1) is 33.8. The fourth-order valence-corrected chi connectivity index (χ4v) is 4.44. The van der Waals surface area contributed by atoms with E-state index in [1.807, 2.05) is 31.5 Å².